The Morgan fingerprint density at radius 3 is 2.56 bits per heavy atom. The van der Waals surface area contributed by atoms with Crippen LogP contribution in [0.1, 0.15) is 12.7 Å². The number of aromatic nitrogens is 2. The number of benzene rings is 1. The number of nitrogens with zero attached hydrogens (tertiary/aromatic N) is 4. The van der Waals surface area contributed by atoms with Gasteiger partial charge in [0.2, 0.25) is 0 Å². The van der Waals surface area contributed by atoms with E-state index in [1.807, 2.05) is 19.9 Å². The first-order valence-electron chi connectivity index (χ1n) is 8.81. The molecule has 144 valence electrons. The fraction of sp³-hybridized carbons (Fsp3) is 0.389. The number of halogens is 2. The number of nitrogens with one attached hydrogen (secondary N) is 2. The smallest absolute Gasteiger partial charge is 0.322 e. The maximum absolute atomic E-state index is 13.7. The summed E-state index contributed by atoms with van der Waals surface area (Å²) in [5, 5.41) is 5.66. The van der Waals surface area contributed by atoms with Crippen LogP contribution in [0.2, 0.25) is 0 Å². The minimum Gasteiger partial charge on any atom is -0.370 e. The van der Waals surface area contributed by atoms with Crippen molar-refractivity contribution in [1.82, 2.24) is 14.9 Å². The number of carbonyl (C=O) groups is 1. The van der Waals surface area contributed by atoms with Crippen molar-refractivity contribution in [3.63, 3.8) is 0 Å². The van der Waals surface area contributed by atoms with Crippen LogP contribution in [0.5, 0.6) is 0 Å². The number of rotatable bonds is 4. The highest BCUT2D eigenvalue weighted by Crippen LogP contribution is 2.19. The topological polar surface area (TPSA) is 73.4 Å². The lowest BCUT2D eigenvalue weighted by atomic mass is 10.3. The van der Waals surface area contributed by atoms with Crippen molar-refractivity contribution < 1.29 is 13.6 Å². The van der Waals surface area contributed by atoms with Gasteiger partial charge in [0.15, 0.2) is 0 Å². The number of urea groups is 1. The van der Waals surface area contributed by atoms with E-state index in [4.69, 9.17) is 0 Å². The molecule has 0 unspecified atom stereocenters. The van der Waals surface area contributed by atoms with Crippen LogP contribution in [0.25, 0.3) is 0 Å². The van der Waals surface area contributed by atoms with E-state index in [1.54, 1.807) is 4.90 Å². The third-order valence-electron chi connectivity index (χ3n) is 4.25. The average molecular weight is 376 g/mol. The van der Waals surface area contributed by atoms with Crippen molar-refractivity contribution in [3.05, 3.63) is 41.7 Å². The first-order chi connectivity index (χ1) is 13.0. The fourth-order valence-corrected chi connectivity index (χ4v) is 2.91. The van der Waals surface area contributed by atoms with E-state index in [1.165, 1.54) is 6.07 Å². The molecule has 1 saturated heterocycles. The van der Waals surface area contributed by atoms with Crippen molar-refractivity contribution in [2.75, 3.05) is 48.3 Å². The van der Waals surface area contributed by atoms with Crippen molar-refractivity contribution in [2.24, 2.45) is 0 Å². The summed E-state index contributed by atoms with van der Waals surface area (Å²) in [5.74, 6) is 0.774. The van der Waals surface area contributed by atoms with Gasteiger partial charge in [-0.25, -0.2) is 23.5 Å². The molecule has 0 spiro atoms. The molecule has 0 saturated carbocycles. The Bertz CT molecular complexity index is 823. The summed E-state index contributed by atoms with van der Waals surface area (Å²) < 4.78 is 26.7. The monoisotopic (exact) mass is 376 g/mol. The van der Waals surface area contributed by atoms with Gasteiger partial charge in [0, 0.05) is 44.9 Å². The minimum absolute atomic E-state index is 0.0365. The van der Waals surface area contributed by atoms with E-state index in [-0.39, 0.29) is 5.69 Å². The second-order valence-corrected chi connectivity index (χ2v) is 6.22. The normalized spacial score (nSPS) is 14.2. The lowest BCUT2D eigenvalue weighted by molar-refractivity contribution is 0.208. The molecule has 1 aliphatic rings. The van der Waals surface area contributed by atoms with Gasteiger partial charge in [0.1, 0.15) is 29.1 Å². The first kappa shape index (κ1) is 18.8. The van der Waals surface area contributed by atoms with Gasteiger partial charge in [0.25, 0.3) is 0 Å². The van der Waals surface area contributed by atoms with Gasteiger partial charge in [-0.1, -0.05) is 0 Å². The summed E-state index contributed by atoms with van der Waals surface area (Å²) in [6.45, 7) is 6.73. The highest BCUT2D eigenvalue weighted by molar-refractivity contribution is 5.89. The number of anilines is 3. The van der Waals surface area contributed by atoms with E-state index in [9.17, 15) is 13.6 Å². The third kappa shape index (κ3) is 4.60. The van der Waals surface area contributed by atoms with Crippen molar-refractivity contribution in [2.45, 2.75) is 13.8 Å². The quantitative estimate of drug-likeness (QED) is 0.858. The summed E-state index contributed by atoms with van der Waals surface area (Å²) in [7, 11) is 0. The molecular weight excluding hydrogens is 354 g/mol. The predicted molar refractivity (Wildman–Crippen MR) is 100 cm³/mol. The number of aryl methyl sites for hydroxylation is 1. The second kappa shape index (κ2) is 8.15. The molecule has 27 heavy (non-hydrogen) atoms. The van der Waals surface area contributed by atoms with Crippen molar-refractivity contribution >= 4 is 23.4 Å². The lowest BCUT2D eigenvalue weighted by Gasteiger charge is -2.35. The molecule has 1 aliphatic heterocycles. The zero-order valence-corrected chi connectivity index (χ0v) is 15.3. The summed E-state index contributed by atoms with van der Waals surface area (Å²) >= 11 is 0. The Kier molecular flexibility index (Phi) is 5.68. The number of piperazine rings is 1. The van der Waals surface area contributed by atoms with Gasteiger partial charge in [-0.2, -0.15) is 0 Å². The van der Waals surface area contributed by atoms with Crippen LogP contribution in [-0.4, -0.2) is 53.6 Å². The van der Waals surface area contributed by atoms with Crippen molar-refractivity contribution in [3.8, 4) is 0 Å². The Hall–Kier alpha value is -2.97. The number of hydrogen-bond donors (Lipinski definition) is 2. The zero-order chi connectivity index (χ0) is 19.4. The van der Waals surface area contributed by atoms with Gasteiger partial charge in [-0.15, -0.1) is 0 Å². The Balaban J connectivity index is 1.60. The molecule has 0 atom stereocenters. The van der Waals surface area contributed by atoms with Crippen LogP contribution in [-0.2, 0) is 0 Å². The Morgan fingerprint density at radius 2 is 1.89 bits per heavy atom. The van der Waals surface area contributed by atoms with Gasteiger partial charge in [-0.3, -0.25) is 0 Å². The zero-order valence-electron chi connectivity index (χ0n) is 15.3. The summed E-state index contributed by atoms with van der Waals surface area (Å²) in [4.78, 5) is 24.8. The lowest BCUT2D eigenvalue weighted by Crippen LogP contribution is -2.50. The van der Waals surface area contributed by atoms with E-state index < -0.39 is 17.7 Å². The van der Waals surface area contributed by atoms with Crippen LogP contribution in [0.3, 0.4) is 0 Å². The Morgan fingerprint density at radius 1 is 1.15 bits per heavy atom. The fourth-order valence-electron chi connectivity index (χ4n) is 2.91. The van der Waals surface area contributed by atoms with Gasteiger partial charge < -0.3 is 20.4 Å². The average Bonchev–Trinajstić information content (AvgIpc) is 2.64. The van der Waals surface area contributed by atoms with Crippen LogP contribution in [0, 0.1) is 18.6 Å². The molecule has 1 aromatic heterocycles. The van der Waals surface area contributed by atoms with Crippen LogP contribution in [0.4, 0.5) is 30.9 Å². The predicted octanol–water partition coefficient (Wildman–Crippen LogP) is 2.85. The molecule has 1 aromatic carbocycles. The maximum atomic E-state index is 13.7. The molecule has 9 heteroatoms. The summed E-state index contributed by atoms with van der Waals surface area (Å²) in [6, 6.07) is 4.54. The van der Waals surface area contributed by atoms with E-state index in [0.717, 1.165) is 30.3 Å². The second-order valence-electron chi connectivity index (χ2n) is 6.22. The summed E-state index contributed by atoms with van der Waals surface area (Å²) in [6.07, 6.45) is 0. The van der Waals surface area contributed by atoms with Gasteiger partial charge in [-0.05, 0) is 26.0 Å². The largest absolute Gasteiger partial charge is 0.370 e. The first-order valence-corrected chi connectivity index (χ1v) is 8.81. The number of amides is 2. The minimum atomic E-state index is -0.797. The molecule has 0 bridgehead atoms. The van der Waals surface area contributed by atoms with Crippen LogP contribution in [0.15, 0.2) is 24.3 Å². The maximum Gasteiger partial charge on any atom is 0.322 e. The third-order valence-corrected chi connectivity index (χ3v) is 4.25. The molecule has 7 nitrogen and oxygen atoms in total. The molecule has 2 heterocycles. The highest BCUT2D eigenvalue weighted by Gasteiger charge is 2.23. The number of hydrogen-bond acceptors (Lipinski definition) is 5. The molecule has 2 N–H and O–H groups in total. The molecule has 0 radical (unpaired) electrons. The molecule has 3 rings (SSSR count). The van der Waals surface area contributed by atoms with Crippen molar-refractivity contribution in [1.29, 1.82) is 0 Å². The molecular formula is C18H22F2N6O. The molecule has 2 amide bonds. The van der Waals surface area contributed by atoms with E-state index in [2.05, 4.69) is 25.5 Å². The van der Waals surface area contributed by atoms with Crippen LogP contribution >= 0.6 is 0 Å². The van der Waals surface area contributed by atoms with Gasteiger partial charge >= 0.3 is 6.03 Å². The van der Waals surface area contributed by atoms with Crippen LogP contribution < -0.4 is 15.5 Å². The Labute approximate surface area is 156 Å². The van der Waals surface area contributed by atoms with Gasteiger partial charge in [0.05, 0.1) is 5.69 Å². The molecule has 1 fully saturated rings. The van der Waals surface area contributed by atoms with E-state index >= 15 is 0 Å². The molecule has 0 aliphatic carbocycles. The number of carbonyl (C=O) groups excluding carboxylic acids is 1. The molecule has 2 aromatic rings. The summed E-state index contributed by atoms with van der Waals surface area (Å²) in [5.41, 5.74) is -0.0365. The van der Waals surface area contributed by atoms with E-state index in [0.29, 0.717) is 32.0 Å². The standard InChI is InChI=1S/C18H22F2N6O/c1-3-21-16-11-17(23-12(2)22-16)25-6-8-26(9-7-25)18(27)24-15-5-4-13(19)10-14(15)20/h4-5,10-11H,3,6-9H2,1-2H3,(H,24,27)(H,21,22,23). The highest BCUT2D eigenvalue weighted by atomic mass is 19.1. The SMILES string of the molecule is CCNc1cc(N2CCN(C(=O)Nc3ccc(F)cc3F)CC2)nc(C)n1.